The number of anilines is 2. The smallest absolute Gasteiger partial charge is 0.317 e. The maximum atomic E-state index is 12.3. The number of hydrogen-bond acceptors (Lipinski definition) is 7. The molecule has 1 fully saturated rings. The zero-order valence-corrected chi connectivity index (χ0v) is 22.4. The van der Waals surface area contributed by atoms with Gasteiger partial charge in [0, 0.05) is 49.2 Å². The van der Waals surface area contributed by atoms with E-state index in [4.69, 9.17) is 4.98 Å². The van der Waals surface area contributed by atoms with E-state index in [1.165, 1.54) is 0 Å². The molecule has 4 aromatic rings. The van der Waals surface area contributed by atoms with Gasteiger partial charge in [0.1, 0.15) is 5.82 Å². The number of nitrogens with one attached hydrogen (secondary N) is 2. The van der Waals surface area contributed by atoms with Crippen LogP contribution in [0.2, 0.25) is 0 Å². The molecule has 1 aliphatic heterocycles. The lowest BCUT2D eigenvalue weighted by Gasteiger charge is -2.32. The minimum atomic E-state index is 0.0348. The third-order valence-electron chi connectivity index (χ3n) is 6.86. The molecule has 0 atom stereocenters. The zero-order chi connectivity index (χ0) is 26.6. The molecular weight excluding hydrogens is 478 g/mol. The number of pyridine rings is 2. The minimum Gasteiger partial charge on any atom is -0.336 e. The van der Waals surface area contributed by atoms with Gasteiger partial charge in [0.05, 0.1) is 23.4 Å². The lowest BCUT2D eigenvalue weighted by atomic mass is 9.97. The highest BCUT2D eigenvalue weighted by molar-refractivity contribution is 5.81. The molecule has 0 aliphatic carbocycles. The van der Waals surface area contributed by atoms with Gasteiger partial charge in [0.2, 0.25) is 0 Å². The third kappa shape index (κ3) is 6.07. The van der Waals surface area contributed by atoms with Crippen LogP contribution in [0.1, 0.15) is 52.0 Å². The lowest BCUT2D eigenvalue weighted by Crippen LogP contribution is -2.46. The molecule has 4 aromatic heterocycles. The lowest BCUT2D eigenvalue weighted by molar-refractivity contribution is 0.162. The first-order chi connectivity index (χ1) is 18.3. The Hall–Kier alpha value is -4.08. The van der Waals surface area contributed by atoms with Crippen LogP contribution in [0.25, 0.3) is 22.2 Å². The molecule has 5 rings (SSSR count). The van der Waals surface area contributed by atoms with Crippen molar-refractivity contribution in [2.45, 2.75) is 59.0 Å². The number of aromatic nitrogens is 6. The first-order valence-corrected chi connectivity index (χ1v) is 13.3. The summed E-state index contributed by atoms with van der Waals surface area (Å²) < 4.78 is 2.00. The molecule has 1 saturated heterocycles. The number of hydrogen-bond donors (Lipinski definition) is 2. The van der Waals surface area contributed by atoms with E-state index in [-0.39, 0.29) is 12.1 Å². The van der Waals surface area contributed by atoms with Gasteiger partial charge in [-0.2, -0.15) is 10.2 Å². The Balaban J connectivity index is 1.24. The third-order valence-corrected chi connectivity index (χ3v) is 6.86. The molecule has 198 valence electrons. The van der Waals surface area contributed by atoms with Crippen LogP contribution in [-0.4, -0.2) is 60.0 Å². The van der Waals surface area contributed by atoms with Crippen molar-refractivity contribution in [2.75, 3.05) is 18.4 Å². The first-order valence-electron chi connectivity index (χ1n) is 13.3. The Morgan fingerprint density at radius 3 is 2.58 bits per heavy atom. The number of piperidine rings is 1. The number of nitrogens with zero attached hydrogens (tertiary/aromatic N) is 7. The predicted molar refractivity (Wildman–Crippen MR) is 148 cm³/mol. The summed E-state index contributed by atoms with van der Waals surface area (Å²) in [7, 11) is 0. The Morgan fingerprint density at radius 2 is 1.82 bits per heavy atom. The minimum absolute atomic E-state index is 0.0348. The number of rotatable bonds is 7. The van der Waals surface area contributed by atoms with E-state index in [1.54, 1.807) is 6.20 Å². The second-order valence-corrected chi connectivity index (χ2v) is 10.6. The molecule has 38 heavy (non-hydrogen) atoms. The van der Waals surface area contributed by atoms with Crippen LogP contribution in [0.15, 0.2) is 49.1 Å². The molecule has 2 N–H and O–H groups in total. The molecule has 10 nitrogen and oxygen atoms in total. The van der Waals surface area contributed by atoms with Crippen LogP contribution in [0.5, 0.6) is 0 Å². The van der Waals surface area contributed by atoms with E-state index in [0.717, 1.165) is 60.2 Å². The number of fused-ring (bicyclic) bond motifs is 1. The second kappa shape index (κ2) is 11.1. The highest BCUT2D eigenvalue weighted by Crippen LogP contribution is 2.25. The summed E-state index contributed by atoms with van der Waals surface area (Å²) in [6, 6.07) is 8.07. The molecule has 0 radical (unpaired) electrons. The summed E-state index contributed by atoms with van der Waals surface area (Å²) >= 11 is 0. The van der Waals surface area contributed by atoms with Gasteiger partial charge < -0.3 is 15.5 Å². The highest BCUT2D eigenvalue weighted by atomic mass is 16.2. The quantitative estimate of drug-likeness (QED) is 0.358. The molecule has 0 aromatic carbocycles. The van der Waals surface area contributed by atoms with Gasteiger partial charge in [0.25, 0.3) is 0 Å². The van der Waals surface area contributed by atoms with E-state index >= 15 is 0 Å². The van der Waals surface area contributed by atoms with Crippen molar-refractivity contribution in [3.05, 3.63) is 54.6 Å². The number of amides is 2. The van der Waals surface area contributed by atoms with Crippen LogP contribution in [0.3, 0.4) is 0 Å². The molecule has 10 heteroatoms. The van der Waals surface area contributed by atoms with Crippen molar-refractivity contribution in [3.8, 4) is 11.1 Å². The maximum Gasteiger partial charge on any atom is 0.317 e. The van der Waals surface area contributed by atoms with Crippen molar-refractivity contribution in [1.82, 2.24) is 40.2 Å². The Morgan fingerprint density at radius 1 is 1.00 bits per heavy atom. The normalized spacial score (nSPS) is 14.4. The molecular formula is C28H35N9O. The maximum absolute atomic E-state index is 12.3. The van der Waals surface area contributed by atoms with Gasteiger partial charge >= 0.3 is 6.03 Å². The van der Waals surface area contributed by atoms with E-state index in [1.807, 2.05) is 60.1 Å². The van der Waals surface area contributed by atoms with E-state index in [2.05, 4.69) is 51.0 Å². The van der Waals surface area contributed by atoms with Gasteiger partial charge in [-0.3, -0.25) is 9.67 Å². The molecule has 0 bridgehead atoms. The number of urea groups is 1. The number of likely N-dealkylation sites (tertiary alicyclic amines) is 1. The Labute approximate surface area is 222 Å². The standard InChI is InChI=1S/C28H35N9O/c1-18(2)21-12-27(35-30-14-21)34-26-6-5-24-25(33-26)11-22(13-29-24)23-15-31-37(17-23)16-20-7-9-36(10-8-20)28(38)32-19(3)4/h5-6,11-15,17-20H,7-10,16H2,1-4H3,(H,32,38)(H,33,34,35). The Bertz CT molecular complexity index is 1410. The van der Waals surface area contributed by atoms with Crippen molar-refractivity contribution in [3.63, 3.8) is 0 Å². The molecule has 5 heterocycles. The van der Waals surface area contributed by atoms with Crippen LogP contribution in [-0.2, 0) is 6.54 Å². The van der Waals surface area contributed by atoms with Crippen LogP contribution >= 0.6 is 0 Å². The summed E-state index contributed by atoms with van der Waals surface area (Å²) in [5.74, 6) is 2.22. The fourth-order valence-electron chi connectivity index (χ4n) is 4.66. The second-order valence-electron chi connectivity index (χ2n) is 10.6. The number of carbonyl (C=O) groups is 1. The average Bonchev–Trinajstić information content (AvgIpc) is 3.37. The Kier molecular flexibility index (Phi) is 7.48. The van der Waals surface area contributed by atoms with E-state index in [0.29, 0.717) is 23.5 Å². The molecule has 0 unspecified atom stereocenters. The van der Waals surface area contributed by atoms with Gasteiger partial charge in [-0.05, 0) is 68.4 Å². The van der Waals surface area contributed by atoms with Crippen LogP contribution < -0.4 is 10.6 Å². The largest absolute Gasteiger partial charge is 0.336 e. The topological polar surface area (TPSA) is 114 Å². The summed E-state index contributed by atoms with van der Waals surface area (Å²) in [4.78, 5) is 23.5. The van der Waals surface area contributed by atoms with Crippen LogP contribution in [0, 0.1) is 5.92 Å². The fourth-order valence-corrected chi connectivity index (χ4v) is 4.66. The van der Waals surface area contributed by atoms with E-state index < -0.39 is 0 Å². The monoisotopic (exact) mass is 513 g/mol. The zero-order valence-electron chi connectivity index (χ0n) is 22.4. The molecule has 0 saturated carbocycles. The summed E-state index contributed by atoms with van der Waals surface area (Å²) in [6.07, 6.45) is 9.54. The highest BCUT2D eigenvalue weighted by Gasteiger charge is 2.23. The van der Waals surface area contributed by atoms with Crippen molar-refractivity contribution in [2.24, 2.45) is 5.92 Å². The van der Waals surface area contributed by atoms with Crippen molar-refractivity contribution >= 4 is 28.7 Å². The SMILES string of the molecule is CC(C)NC(=O)N1CCC(Cn2cc(-c3cnc4ccc(Nc5cc(C(C)C)cnn5)nc4c3)cn2)CC1. The number of carbonyl (C=O) groups excluding carboxylic acids is 1. The molecule has 0 spiro atoms. The summed E-state index contributed by atoms with van der Waals surface area (Å²) in [5.41, 5.74) is 4.70. The first kappa shape index (κ1) is 25.6. The van der Waals surface area contributed by atoms with Crippen molar-refractivity contribution in [1.29, 1.82) is 0 Å². The average molecular weight is 514 g/mol. The van der Waals surface area contributed by atoms with Crippen molar-refractivity contribution < 1.29 is 4.79 Å². The summed E-state index contributed by atoms with van der Waals surface area (Å²) in [6.45, 7) is 10.6. The predicted octanol–water partition coefficient (Wildman–Crippen LogP) is 4.98. The van der Waals surface area contributed by atoms with Gasteiger partial charge in [-0.1, -0.05) is 13.8 Å². The summed E-state index contributed by atoms with van der Waals surface area (Å²) in [5, 5.41) is 19.1. The van der Waals surface area contributed by atoms with Gasteiger partial charge in [0.15, 0.2) is 5.82 Å². The fraction of sp³-hybridized carbons (Fsp3) is 0.429. The van der Waals surface area contributed by atoms with Gasteiger partial charge in [-0.15, -0.1) is 5.10 Å². The van der Waals surface area contributed by atoms with E-state index in [9.17, 15) is 4.79 Å². The molecule has 1 aliphatic rings. The van der Waals surface area contributed by atoms with Crippen LogP contribution in [0.4, 0.5) is 16.4 Å². The van der Waals surface area contributed by atoms with Gasteiger partial charge in [-0.25, -0.2) is 9.78 Å². The molecule has 2 amide bonds.